The molecule has 2 saturated carbocycles. The second kappa shape index (κ2) is 9.25. The Morgan fingerprint density at radius 3 is 2.52 bits per heavy atom. The van der Waals surface area contributed by atoms with E-state index in [0.717, 1.165) is 35.1 Å². The van der Waals surface area contributed by atoms with Crippen LogP contribution in [-0.4, -0.2) is 12.6 Å². The van der Waals surface area contributed by atoms with E-state index >= 15 is 0 Å². The quantitative estimate of drug-likeness (QED) is 0.426. The third-order valence-electron chi connectivity index (χ3n) is 7.84. The lowest BCUT2D eigenvalue weighted by Crippen LogP contribution is -2.29. The molecule has 0 bridgehead atoms. The summed E-state index contributed by atoms with van der Waals surface area (Å²) in [5.41, 5.74) is 0.741. The van der Waals surface area contributed by atoms with Gasteiger partial charge in [0.25, 0.3) is 0 Å². The van der Waals surface area contributed by atoms with E-state index in [4.69, 9.17) is 0 Å². The van der Waals surface area contributed by atoms with E-state index in [9.17, 15) is 0 Å². The minimum atomic E-state index is 0.741. The maximum absolute atomic E-state index is 3.84. The van der Waals surface area contributed by atoms with Crippen LogP contribution in [0.15, 0.2) is 0 Å². The normalized spacial score (nSPS) is 35.8. The third-order valence-corrected chi connectivity index (χ3v) is 7.84. The first-order valence-electron chi connectivity index (χ1n) is 11.9. The van der Waals surface area contributed by atoms with Crippen molar-refractivity contribution in [1.29, 1.82) is 0 Å². The third kappa shape index (κ3) is 5.47. The van der Waals surface area contributed by atoms with Crippen molar-refractivity contribution in [3.8, 4) is 0 Å². The monoisotopic (exact) mass is 347 g/mol. The second-order valence-corrected chi connectivity index (χ2v) is 10.4. The van der Waals surface area contributed by atoms with E-state index in [1.165, 1.54) is 70.8 Å². The maximum Gasteiger partial charge on any atom is 0.00960 e. The zero-order valence-corrected chi connectivity index (χ0v) is 17.5. The van der Waals surface area contributed by atoms with Gasteiger partial charge in [-0.05, 0) is 74.2 Å². The minimum Gasteiger partial charge on any atom is -0.314 e. The average Bonchev–Trinajstić information content (AvgIpc) is 2.97. The van der Waals surface area contributed by atoms with Crippen LogP contribution in [0.25, 0.3) is 0 Å². The summed E-state index contributed by atoms with van der Waals surface area (Å²) in [5, 5.41) is 3.84. The first-order chi connectivity index (χ1) is 12.1. The first kappa shape index (κ1) is 19.7. The van der Waals surface area contributed by atoms with E-state index in [1.54, 1.807) is 25.7 Å². The van der Waals surface area contributed by atoms with Crippen molar-refractivity contribution in [2.24, 2.45) is 29.1 Å². The molecule has 1 heteroatoms. The summed E-state index contributed by atoms with van der Waals surface area (Å²) < 4.78 is 0. The maximum atomic E-state index is 3.84. The molecule has 146 valence electrons. The van der Waals surface area contributed by atoms with Gasteiger partial charge in [0.15, 0.2) is 0 Å². The number of hydrogen-bond acceptors (Lipinski definition) is 1. The predicted octanol–water partition coefficient (Wildman–Crippen LogP) is 6.96. The van der Waals surface area contributed by atoms with Crippen LogP contribution in [0.4, 0.5) is 0 Å². The fourth-order valence-electron chi connectivity index (χ4n) is 6.54. The molecule has 1 heterocycles. The van der Waals surface area contributed by atoms with Gasteiger partial charge in [-0.3, -0.25) is 0 Å². The molecule has 0 aromatic heterocycles. The van der Waals surface area contributed by atoms with Gasteiger partial charge >= 0.3 is 0 Å². The molecule has 25 heavy (non-hydrogen) atoms. The van der Waals surface area contributed by atoms with Crippen LogP contribution >= 0.6 is 0 Å². The Morgan fingerprint density at radius 1 is 1.00 bits per heavy atom. The van der Waals surface area contributed by atoms with Crippen molar-refractivity contribution in [2.75, 3.05) is 6.54 Å². The van der Waals surface area contributed by atoms with Gasteiger partial charge in [-0.25, -0.2) is 0 Å². The topological polar surface area (TPSA) is 12.0 Å². The van der Waals surface area contributed by atoms with Crippen molar-refractivity contribution < 1.29 is 0 Å². The lowest BCUT2D eigenvalue weighted by molar-refractivity contribution is 0.249. The minimum absolute atomic E-state index is 0.741. The van der Waals surface area contributed by atoms with Gasteiger partial charge < -0.3 is 5.32 Å². The highest BCUT2D eigenvalue weighted by molar-refractivity contribution is 5.05. The molecule has 0 radical (unpaired) electrons. The van der Waals surface area contributed by atoms with Crippen molar-refractivity contribution in [3.05, 3.63) is 0 Å². The summed E-state index contributed by atoms with van der Waals surface area (Å²) in [6.07, 6.45) is 20.9. The van der Waals surface area contributed by atoms with Crippen LogP contribution in [0.2, 0.25) is 0 Å². The zero-order valence-electron chi connectivity index (χ0n) is 17.5. The Bertz CT molecular complexity index is 384. The standard InChI is InChI=1S/C24H45N/c1-4-5-13-23-21(14-15-25-23)17-24(16-19(2)3)18-22(24)12-8-11-20-9-6-7-10-20/h19-23,25H,4-18H2,1-3H3. The number of hydrogen-bond donors (Lipinski definition) is 1. The van der Waals surface area contributed by atoms with Crippen LogP contribution in [0, 0.1) is 29.1 Å². The molecule has 1 nitrogen and oxygen atoms in total. The highest BCUT2D eigenvalue weighted by atomic mass is 15.0. The molecule has 0 spiro atoms. The molecule has 1 saturated heterocycles. The number of unbranched alkanes of at least 4 members (excludes halogenated alkanes) is 1. The average molecular weight is 348 g/mol. The molecule has 0 aromatic rings. The fourth-order valence-corrected chi connectivity index (χ4v) is 6.54. The van der Waals surface area contributed by atoms with Gasteiger partial charge in [-0.1, -0.05) is 72.1 Å². The van der Waals surface area contributed by atoms with Gasteiger partial charge in [0.05, 0.1) is 0 Å². The van der Waals surface area contributed by atoms with Gasteiger partial charge in [0, 0.05) is 6.04 Å². The number of nitrogens with one attached hydrogen (secondary N) is 1. The Kier molecular flexibility index (Phi) is 7.29. The molecule has 2 aliphatic carbocycles. The van der Waals surface area contributed by atoms with Crippen molar-refractivity contribution in [3.63, 3.8) is 0 Å². The molecular weight excluding hydrogens is 302 g/mol. The fraction of sp³-hybridized carbons (Fsp3) is 1.00. The molecule has 3 aliphatic rings. The van der Waals surface area contributed by atoms with Crippen LogP contribution in [-0.2, 0) is 0 Å². The first-order valence-corrected chi connectivity index (χ1v) is 11.9. The summed E-state index contributed by atoms with van der Waals surface area (Å²) in [6, 6.07) is 0.837. The van der Waals surface area contributed by atoms with E-state index in [0.29, 0.717) is 0 Å². The van der Waals surface area contributed by atoms with Crippen molar-refractivity contribution in [1.82, 2.24) is 5.32 Å². The predicted molar refractivity (Wildman–Crippen MR) is 110 cm³/mol. The molecule has 4 unspecified atom stereocenters. The Labute approximate surface area is 158 Å². The Balaban J connectivity index is 1.47. The summed E-state index contributed by atoms with van der Waals surface area (Å²) in [7, 11) is 0. The summed E-state index contributed by atoms with van der Waals surface area (Å²) in [5.74, 6) is 4.02. The SMILES string of the molecule is CCCCC1NCCC1CC1(CC(C)C)CC1CCCC1CCCC1. The zero-order chi connectivity index (χ0) is 17.7. The second-order valence-electron chi connectivity index (χ2n) is 10.4. The van der Waals surface area contributed by atoms with Crippen molar-refractivity contribution >= 4 is 0 Å². The van der Waals surface area contributed by atoms with Crippen LogP contribution in [0.3, 0.4) is 0 Å². The van der Waals surface area contributed by atoms with Crippen LogP contribution in [0.1, 0.15) is 111 Å². The smallest absolute Gasteiger partial charge is 0.00960 e. The van der Waals surface area contributed by atoms with E-state index in [-0.39, 0.29) is 0 Å². The lowest BCUT2D eigenvalue weighted by atomic mass is 9.79. The summed E-state index contributed by atoms with van der Waals surface area (Å²) in [6.45, 7) is 8.53. The molecule has 3 fully saturated rings. The highest BCUT2D eigenvalue weighted by Crippen LogP contribution is 2.63. The van der Waals surface area contributed by atoms with Gasteiger partial charge in [0.2, 0.25) is 0 Å². The lowest BCUT2D eigenvalue weighted by Gasteiger charge is -2.27. The number of rotatable bonds is 11. The van der Waals surface area contributed by atoms with Crippen LogP contribution in [0.5, 0.6) is 0 Å². The Morgan fingerprint density at radius 2 is 1.80 bits per heavy atom. The molecule has 1 N–H and O–H groups in total. The van der Waals surface area contributed by atoms with Crippen LogP contribution < -0.4 is 5.32 Å². The van der Waals surface area contributed by atoms with Gasteiger partial charge in [-0.15, -0.1) is 0 Å². The molecule has 3 rings (SSSR count). The summed E-state index contributed by atoms with van der Waals surface area (Å²) >= 11 is 0. The van der Waals surface area contributed by atoms with Crippen molar-refractivity contribution in [2.45, 2.75) is 117 Å². The highest BCUT2D eigenvalue weighted by Gasteiger charge is 2.54. The van der Waals surface area contributed by atoms with E-state index < -0.39 is 0 Å². The Hall–Kier alpha value is -0.0400. The largest absolute Gasteiger partial charge is 0.314 e. The molecule has 4 atom stereocenters. The van der Waals surface area contributed by atoms with Gasteiger partial charge in [-0.2, -0.15) is 0 Å². The summed E-state index contributed by atoms with van der Waals surface area (Å²) in [4.78, 5) is 0. The molecule has 0 aromatic carbocycles. The molecule has 0 amide bonds. The van der Waals surface area contributed by atoms with E-state index in [1.807, 2.05) is 0 Å². The van der Waals surface area contributed by atoms with E-state index in [2.05, 4.69) is 26.1 Å². The van der Waals surface area contributed by atoms with Gasteiger partial charge in [0.1, 0.15) is 0 Å². The molecule has 1 aliphatic heterocycles. The molecular formula is C24H45N.